The lowest BCUT2D eigenvalue weighted by Gasteiger charge is -2.55. The minimum Gasteiger partial charge on any atom is -0.334 e. The average molecular weight is 387 g/mol. The number of anilines is 1. The molecule has 148 valence electrons. The number of urea groups is 1. The lowest BCUT2D eigenvalue weighted by Crippen LogP contribution is -2.71. The first-order valence-corrected chi connectivity index (χ1v) is 10.2. The minimum atomic E-state index is -0.175. The van der Waals surface area contributed by atoms with Gasteiger partial charge in [-0.1, -0.05) is 30.3 Å². The Bertz CT molecular complexity index is 920. The average Bonchev–Trinajstić information content (AvgIpc) is 3.00. The van der Waals surface area contributed by atoms with E-state index in [1.165, 1.54) is 5.56 Å². The molecule has 29 heavy (non-hydrogen) atoms. The molecule has 0 aliphatic carbocycles. The van der Waals surface area contributed by atoms with E-state index in [-0.39, 0.29) is 17.5 Å². The van der Waals surface area contributed by atoms with E-state index in [2.05, 4.69) is 56.8 Å². The highest BCUT2D eigenvalue weighted by Gasteiger charge is 2.55. The molecule has 2 aromatic carbocycles. The van der Waals surface area contributed by atoms with Gasteiger partial charge in [0.1, 0.15) is 0 Å². The summed E-state index contributed by atoms with van der Waals surface area (Å²) in [6, 6.07) is 19.7. The molecule has 4 aliphatic rings. The lowest BCUT2D eigenvalue weighted by atomic mass is 9.64. The van der Waals surface area contributed by atoms with Crippen LogP contribution in [0, 0.1) is 17.2 Å². The summed E-state index contributed by atoms with van der Waals surface area (Å²) < 4.78 is 0. The predicted octanol–water partition coefficient (Wildman–Crippen LogP) is 2.25. The van der Waals surface area contributed by atoms with Crippen molar-refractivity contribution in [1.29, 1.82) is 5.26 Å². The highest BCUT2D eigenvalue weighted by atomic mass is 16.2. The van der Waals surface area contributed by atoms with Crippen LogP contribution < -0.4 is 10.6 Å². The van der Waals surface area contributed by atoms with Gasteiger partial charge in [-0.05, 0) is 29.8 Å². The van der Waals surface area contributed by atoms with E-state index < -0.39 is 0 Å². The molecule has 4 saturated heterocycles. The van der Waals surface area contributed by atoms with Crippen molar-refractivity contribution in [3.63, 3.8) is 0 Å². The summed E-state index contributed by atoms with van der Waals surface area (Å²) in [5.41, 5.74) is 2.49. The summed E-state index contributed by atoms with van der Waals surface area (Å²) >= 11 is 0. The first kappa shape index (κ1) is 18.2. The van der Waals surface area contributed by atoms with Crippen molar-refractivity contribution >= 4 is 11.7 Å². The third-order valence-corrected chi connectivity index (χ3v) is 6.70. The molecule has 2 aromatic rings. The summed E-state index contributed by atoms with van der Waals surface area (Å²) in [5, 5.41) is 15.2. The molecule has 4 fully saturated rings. The van der Waals surface area contributed by atoms with E-state index in [0.717, 1.165) is 39.3 Å². The summed E-state index contributed by atoms with van der Waals surface area (Å²) in [5.74, 6) is 0.409. The fraction of sp³-hybridized carbons (Fsp3) is 0.391. The molecule has 4 bridgehead atoms. The topological polar surface area (TPSA) is 71.4 Å². The predicted molar refractivity (Wildman–Crippen MR) is 112 cm³/mol. The number of hydrogen-bond acceptors (Lipinski definition) is 4. The fourth-order valence-electron chi connectivity index (χ4n) is 5.51. The second-order valence-corrected chi connectivity index (χ2v) is 8.52. The highest BCUT2D eigenvalue weighted by Crippen LogP contribution is 2.43. The molecule has 3 atom stereocenters. The van der Waals surface area contributed by atoms with Gasteiger partial charge in [0.15, 0.2) is 0 Å². The Morgan fingerprint density at radius 1 is 1.00 bits per heavy atom. The van der Waals surface area contributed by atoms with Gasteiger partial charge in [-0.3, -0.25) is 0 Å². The van der Waals surface area contributed by atoms with Crippen LogP contribution in [0.1, 0.15) is 11.1 Å². The number of hydrogen-bond donors (Lipinski definition) is 2. The van der Waals surface area contributed by atoms with E-state index in [1.807, 2.05) is 0 Å². The van der Waals surface area contributed by atoms with Gasteiger partial charge in [-0.25, -0.2) is 4.79 Å². The van der Waals surface area contributed by atoms with Crippen LogP contribution in [0.3, 0.4) is 0 Å². The van der Waals surface area contributed by atoms with Crippen molar-refractivity contribution in [1.82, 2.24) is 15.1 Å². The van der Waals surface area contributed by atoms with Crippen LogP contribution >= 0.6 is 0 Å². The van der Waals surface area contributed by atoms with Crippen LogP contribution in [0.4, 0.5) is 10.5 Å². The number of nitrogens with one attached hydrogen (secondary N) is 2. The highest BCUT2D eigenvalue weighted by molar-refractivity contribution is 5.89. The van der Waals surface area contributed by atoms with Crippen molar-refractivity contribution < 1.29 is 4.79 Å². The number of fused-ring (bicyclic) bond motifs is 1. The molecule has 6 rings (SSSR count). The van der Waals surface area contributed by atoms with Crippen LogP contribution in [-0.2, 0) is 5.41 Å². The van der Waals surface area contributed by atoms with E-state index >= 15 is 0 Å². The van der Waals surface area contributed by atoms with Crippen LogP contribution in [0.2, 0.25) is 0 Å². The molecule has 2 unspecified atom stereocenters. The van der Waals surface area contributed by atoms with Gasteiger partial charge in [-0.15, -0.1) is 0 Å². The Hall–Kier alpha value is -2.88. The Morgan fingerprint density at radius 3 is 2.28 bits per heavy atom. The molecule has 4 aliphatic heterocycles. The second-order valence-electron chi connectivity index (χ2n) is 8.52. The molecule has 6 nitrogen and oxygen atoms in total. The third-order valence-electron chi connectivity index (χ3n) is 6.70. The van der Waals surface area contributed by atoms with Crippen molar-refractivity contribution in [3.8, 4) is 6.07 Å². The van der Waals surface area contributed by atoms with Crippen molar-refractivity contribution in [3.05, 3.63) is 65.7 Å². The standard InChI is InChI=1S/C23H25N5O/c24-12-17-6-8-20(9-7-17)25-22(29)26-21-18-13-27-10-11-28(14-18)16-23(21,15-27)19-4-2-1-3-5-19/h1-9,18,21H,10-11,13-16H2,(H2,25,26,29)/t18?,21-,23?/m1/s1. The fourth-order valence-corrected chi connectivity index (χ4v) is 5.51. The van der Waals surface area contributed by atoms with Gasteiger partial charge in [0.2, 0.25) is 0 Å². The van der Waals surface area contributed by atoms with Crippen LogP contribution in [-0.4, -0.2) is 61.1 Å². The summed E-state index contributed by atoms with van der Waals surface area (Å²) in [4.78, 5) is 18.0. The SMILES string of the molecule is N#Cc1ccc(NC(=O)N[C@@H]2C3CN4CCN(C3)CC2(c2ccccc2)C4)cc1. The number of carbonyl (C=O) groups is 1. The van der Waals surface area contributed by atoms with Crippen molar-refractivity contribution in [2.75, 3.05) is 44.6 Å². The summed E-state index contributed by atoms with van der Waals surface area (Å²) in [6.07, 6.45) is 0. The largest absolute Gasteiger partial charge is 0.334 e. The maximum Gasteiger partial charge on any atom is 0.319 e. The molecule has 4 heterocycles. The first-order chi connectivity index (χ1) is 14.2. The van der Waals surface area contributed by atoms with Gasteiger partial charge < -0.3 is 20.4 Å². The van der Waals surface area contributed by atoms with Gasteiger partial charge in [-0.2, -0.15) is 5.26 Å². The zero-order valence-electron chi connectivity index (χ0n) is 16.3. The quantitative estimate of drug-likeness (QED) is 0.847. The molecular formula is C23H25N5O. The van der Waals surface area contributed by atoms with Crippen molar-refractivity contribution in [2.45, 2.75) is 11.5 Å². The minimum absolute atomic E-state index is 0.0916. The van der Waals surface area contributed by atoms with Gasteiger partial charge in [0.25, 0.3) is 0 Å². The number of nitriles is 1. The van der Waals surface area contributed by atoms with E-state index in [1.54, 1.807) is 24.3 Å². The number of nitrogens with zero attached hydrogens (tertiary/aromatic N) is 3. The molecule has 0 aromatic heterocycles. The van der Waals surface area contributed by atoms with E-state index in [9.17, 15) is 4.79 Å². The Balaban J connectivity index is 1.41. The number of benzene rings is 2. The zero-order valence-corrected chi connectivity index (χ0v) is 16.3. The molecular weight excluding hydrogens is 362 g/mol. The Morgan fingerprint density at radius 2 is 1.66 bits per heavy atom. The van der Waals surface area contributed by atoms with Crippen LogP contribution in [0.5, 0.6) is 0 Å². The van der Waals surface area contributed by atoms with Crippen LogP contribution in [0.15, 0.2) is 54.6 Å². The summed E-state index contributed by atoms with van der Waals surface area (Å²) in [6.45, 7) is 6.24. The van der Waals surface area contributed by atoms with E-state index in [4.69, 9.17) is 5.26 Å². The Labute approximate surface area is 171 Å². The number of amides is 2. The van der Waals surface area contributed by atoms with Crippen molar-refractivity contribution in [2.24, 2.45) is 5.92 Å². The monoisotopic (exact) mass is 387 g/mol. The Kier molecular flexibility index (Phi) is 4.50. The maximum atomic E-state index is 12.9. The molecule has 0 saturated carbocycles. The molecule has 0 radical (unpaired) electrons. The van der Waals surface area contributed by atoms with Crippen LogP contribution in [0.25, 0.3) is 0 Å². The normalized spacial score (nSPS) is 32.2. The molecule has 2 N–H and O–H groups in total. The molecule has 6 heteroatoms. The van der Waals surface area contributed by atoms with Gasteiger partial charge >= 0.3 is 6.03 Å². The maximum absolute atomic E-state index is 12.9. The number of rotatable bonds is 3. The van der Waals surface area contributed by atoms with E-state index in [0.29, 0.717) is 17.2 Å². The summed E-state index contributed by atoms with van der Waals surface area (Å²) in [7, 11) is 0. The number of carbonyl (C=O) groups excluding carboxylic acids is 1. The lowest BCUT2D eigenvalue weighted by molar-refractivity contribution is 0.0238. The van der Waals surface area contributed by atoms with Gasteiger partial charge in [0, 0.05) is 62.3 Å². The first-order valence-electron chi connectivity index (χ1n) is 10.2. The molecule has 2 amide bonds. The van der Waals surface area contributed by atoms with Gasteiger partial charge in [0.05, 0.1) is 11.6 Å². The third kappa shape index (κ3) is 3.27. The smallest absolute Gasteiger partial charge is 0.319 e. The number of piperidine rings is 2. The zero-order chi connectivity index (χ0) is 19.8. The molecule has 0 spiro atoms. The second kappa shape index (κ2) is 7.18.